The Morgan fingerprint density at radius 1 is 1.56 bits per heavy atom. The number of piperidine rings is 1. The molecule has 0 bridgehead atoms. The minimum Gasteiger partial charge on any atom is -0.341 e. The van der Waals surface area contributed by atoms with Crippen LogP contribution >= 0.6 is 0 Å². The van der Waals surface area contributed by atoms with E-state index in [-0.39, 0.29) is 18.9 Å². The van der Waals surface area contributed by atoms with Crippen LogP contribution < -0.4 is 5.73 Å². The first-order valence-electron chi connectivity index (χ1n) is 5.47. The van der Waals surface area contributed by atoms with Gasteiger partial charge in [0, 0.05) is 13.1 Å². The summed E-state index contributed by atoms with van der Waals surface area (Å²) in [7, 11) is 0. The van der Waals surface area contributed by atoms with E-state index in [9.17, 15) is 18.0 Å². The van der Waals surface area contributed by atoms with Crippen LogP contribution in [0.3, 0.4) is 0 Å². The minimum atomic E-state index is -4.21. The molecule has 1 unspecified atom stereocenters. The largest absolute Gasteiger partial charge is 0.393 e. The molecule has 1 heterocycles. The summed E-state index contributed by atoms with van der Waals surface area (Å²) in [6.45, 7) is 1.89. The van der Waals surface area contributed by atoms with Crippen molar-refractivity contribution in [2.75, 3.05) is 13.1 Å². The van der Waals surface area contributed by atoms with Gasteiger partial charge in [-0.05, 0) is 19.3 Å². The van der Waals surface area contributed by atoms with E-state index < -0.39 is 18.1 Å². The van der Waals surface area contributed by atoms with Gasteiger partial charge in [-0.2, -0.15) is 13.2 Å². The van der Waals surface area contributed by atoms with E-state index in [4.69, 9.17) is 5.73 Å². The van der Waals surface area contributed by atoms with Crippen molar-refractivity contribution >= 4 is 5.91 Å². The lowest BCUT2D eigenvalue weighted by Gasteiger charge is -2.34. The first-order chi connectivity index (χ1) is 7.36. The van der Waals surface area contributed by atoms with E-state index in [1.807, 2.05) is 0 Å². The normalized spacial score (nSPS) is 24.3. The van der Waals surface area contributed by atoms with Crippen molar-refractivity contribution < 1.29 is 18.0 Å². The average molecular weight is 238 g/mol. The monoisotopic (exact) mass is 238 g/mol. The second-order valence-electron chi connectivity index (χ2n) is 4.18. The van der Waals surface area contributed by atoms with Gasteiger partial charge in [-0.3, -0.25) is 4.79 Å². The lowest BCUT2D eigenvalue weighted by molar-refractivity contribution is -0.188. The van der Waals surface area contributed by atoms with Gasteiger partial charge in [-0.25, -0.2) is 0 Å². The van der Waals surface area contributed by atoms with Crippen LogP contribution in [-0.4, -0.2) is 36.1 Å². The maximum absolute atomic E-state index is 12.5. The highest BCUT2D eigenvalue weighted by Crippen LogP contribution is 2.33. The zero-order chi connectivity index (χ0) is 12.3. The van der Waals surface area contributed by atoms with Crippen LogP contribution in [0.15, 0.2) is 0 Å². The minimum absolute atomic E-state index is 0.106. The molecule has 94 valence electrons. The van der Waals surface area contributed by atoms with Crippen LogP contribution in [0.25, 0.3) is 0 Å². The molecule has 1 fully saturated rings. The number of amides is 1. The van der Waals surface area contributed by atoms with E-state index in [2.05, 4.69) is 0 Å². The smallest absolute Gasteiger partial charge is 0.341 e. The number of nitrogens with zero attached hydrogens (tertiary/aromatic N) is 1. The first-order valence-corrected chi connectivity index (χ1v) is 5.47. The molecule has 1 aliphatic heterocycles. The third kappa shape index (κ3) is 3.10. The fourth-order valence-corrected chi connectivity index (χ4v) is 1.85. The van der Waals surface area contributed by atoms with Crippen LogP contribution in [0.5, 0.6) is 0 Å². The Labute approximate surface area is 92.8 Å². The molecule has 0 aromatic carbocycles. The first kappa shape index (κ1) is 13.3. The van der Waals surface area contributed by atoms with Crippen molar-refractivity contribution in [2.24, 2.45) is 11.7 Å². The Morgan fingerprint density at radius 3 is 2.69 bits per heavy atom. The molecule has 2 atom stereocenters. The lowest BCUT2D eigenvalue weighted by Crippen LogP contribution is -2.50. The molecule has 0 aromatic rings. The molecule has 0 aromatic heterocycles. The molecule has 1 rings (SSSR count). The van der Waals surface area contributed by atoms with Crippen molar-refractivity contribution in [1.29, 1.82) is 0 Å². The summed E-state index contributed by atoms with van der Waals surface area (Å²) in [5.74, 6) is -1.76. The van der Waals surface area contributed by atoms with Crippen LogP contribution in [0, 0.1) is 5.92 Å². The van der Waals surface area contributed by atoms with Crippen molar-refractivity contribution in [3.8, 4) is 0 Å². The zero-order valence-corrected chi connectivity index (χ0v) is 9.26. The van der Waals surface area contributed by atoms with Gasteiger partial charge in [0.25, 0.3) is 0 Å². The summed E-state index contributed by atoms with van der Waals surface area (Å²) in [5.41, 5.74) is 5.53. The van der Waals surface area contributed by atoms with Gasteiger partial charge < -0.3 is 10.6 Å². The van der Waals surface area contributed by atoms with Crippen LogP contribution in [0.1, 0.15) is 26.2 Å². The van der Waals surface area contributed by atoms with Crippen molar-refractivity contribution in [3.63, 3.8) is 0 Å². The quantitative estimate of drug-likeness (QED) is 0.793. The van der Waals surface area contributed by atoms with Gasteiger partial charge >= 0.3 is 6.18 Å². The van der Waals surface area contributed by atoms with Gasteiger partial charge in [0.05, 0.1) is 12.0 Å². The Balaban J connectivity index is 2.60. The van der Waals surface area contributed by atoms with E-state index >= 15 is 0 Å². The number of halogens is 3. The maximum atomic E-state index is 12.5. The molecule has 1 amide bonds. The number of hydrogen-bond acceptors (Lipinski definition) is 2. The van der Waals surface area contributed by atoms with Crippen LogP contribution in [0.4, 0.5) is 13.2 Å². The van der Waals surface area contributed by atoms with E-state index in [1.165, 1.54) is 4.90 Å². The molecule has 6 heteroatoms. The molecule has 16 heavy (non-hydrogen) atoms. The number of hydrogen-bond donors (Lipinski definition) is 1. The average Bonchev–Trinajstić information content (AvgIpc) is 2.26. The van der Waals surface area contributed by atoms with Crippen molar-refractivity contribution in [2.45, 2.75) is 38.4 Å². The van der Waals surface area contributed by atoms with E-state index in [1.54, 1.807) is 6.92 Å². The third-order valence-corrected chi connectivity index (χ3v) is 2.95. The highest BCUT2D eigenvalue weighted by Gasteiger charge is 2.42. The molecule has 0 aliphatic carbocycles. The number of nitrogens with two attached hydrogens (primary N) is 1. The molecule has 0 saturated carbocycles. The van der Waals surface area contributed by atoms with Crippen LogP contribution in [0.2, 0.25) is 0 Å². The van der Waals surface area contributed by atoms with E-state index in [0.29, 0.717) is 19.4 Å². The van der Waals surface area contributed by atoms with Gasteiger partial charge in [-0.1, -0.05) is 6.92 Å². The van der Waals surface area contributed by atoms with Gasteiger partial charge in [0.1, 0.15) is 0 Å². The Morgan fingerprint density at radius 2 is 2.19 bits per heavy atom. The number of carbonyl (C=O) groups is 1. The molecule has 1 aliphatic rings. The van der Waals surface area contributed by atoms with Gasteiger partial charge in [0.15, 0.2) is 0 Å². The Hall–Kier alpha value is -0.780. The van der Waals surface area contributed by atoms with Crippen LogP contribution in [-0.2, 0) is 4.79 Å². The summed E-state index contributed by atoms with van der Waals surface area (Å²) in [5, 5.41) is 0. The summed E-state index contributed by atoms with van der Waals surface area (Å²) < 4.78 is 37.5. The number of rotatable bonds is 2. The van der Waals surface area contributed by atoms with Gasteiger partial charge in [-0.15, -0.1) is 0 Å². The highest BCUT2D eigenvalue weighted by molar-refractivity contribution is 5.81. The van der Waals surface area contributed by atoms with E-state index in [0.717, 1.165) is 0 Å². The fraction of sp³-hybridized carbons (Fsp3) is 0.900. The molecule has 0 radical (unpaired) electrons. The fourth-order valence-electron chi connectivity index (χ4n) is 1.85. The van der Waals surface area contributed by atoms with Crippen molar-refractivity contribution in [3.05, 3.63) is 0 Å². The standard InChI is InChI=1S/C10H17F3N2O/c1-2-8(14)9(16)15-5-3-4-7(6-15)10(11,12)13/h7-8H,2-6,14H2,1H3/t7?,8-/m1/s1. The summed E-state index contributed by atoms with van der Waals surface area (Å²) in [4.78, 5) is 12.9. The highest BCUT2D eigenvalue weighted by atomic mass is 19.4. The molecule has 3 nitrogen and oxygen atoms in total. The summed E-state index contributed by atoms with van der Waals surface area (Å²) in [6, 6.07) is -0.674. The molecular formula is C10H17F3N2O. The Bertz CT molecular complexity index is 255. The second kappa shape index (κ2) is 5.03. The predicted octanol–water partition coefficient (Wildman–Crippen LogP) is 1.52. The number of likely N-dealkylation sites (tertiary alicyclic amines) is 1. The predicted molar refractivity (Wildman–Crippen MR) is 53.6 cm³/mol. The Kier molecular flexibility index (Phi) is 4.18. The SMILES string of the molecule is CC[C@@H](N)C(=O)N1CCCC(C(F)(F)F)C1. The molecule has 0 spiro atoms. The summed E-state index contributed by atoms with van der Waals surface area (Å²) in [6.07, 6.45) is -3.26. The van der Waals surface area contributed by atoms with Gasteiger partial charge in [0.2, 0.25) is 5.91 Å². The number of carbonyl (C=O) groups excluding carboxylic acids is 1. The molecule has 1 saturated heterocycles. The second-order valence-corrected chi connectivity index (χ2v) is 4.18. The topological polar surface area (TPSA) is 46.3 Å². The lowest BCUT2D eigenvalue weighted by atomic mass is 9.97. The third-order valence-electron chi connectivity index (χ3n) is 2.95. The maximum Gasteiger partial charge on any atom is 0.393 e. The molecular weight excluding hydrogens is 221 g/mol. The number of alkyl halides is 3. The zero-order valence-electron chi connectivity index (χ0n) is 9.26. The molecule has 2 N–H and O–H groups in total. The summed E-state index contributed by atoms with van der Waals surface area (Å²) >= 11 is 0. The van der Waals surface area contributed by atoms with Crippen molar-refractivity contribution in [1.82, 2.24) is 4.90 Å².